The molecule has 0 atom stereocenters. The quantitative estimate of drug-likeness (QED) is 0.865. The van der Waals surface area contributed by atoms with Gasteiger partial charge in [-0.2, -0.15) is 0 Å². The molecule has 1 aromatic rings. The molecule has 1 aliphatic heterocycles. The van der Waals surface area contributed by atoms with Crippen LogP contribution in [0.1, 0.15) is 26.7 Å². The van der Waals surface area contributed by atoms with Crippen molar-refractivity contribution in [2.75, 3.05) is 31.1 Å². The summed E-state index contributed by atoms with van der Waals surface area (Å²) in [6, 6.07) is 7.21. The highest BCUT2D eigenvalue weighted by atomic mass is 32.2. The van der Waals surface area contributed by atoms with Gasteiger partial charge in [0.05, 0.1) is 5.69 Å². The average Bonchev–Trinajstić information content (AvgIpc) is 2.48. The zero-order valence-electron chi connectivity index (χ0n) is 12.8. The number of hydrogen-bond donors (Lipinski definition) is 2. The Morgan fingerprint density at radius 2 is 1.90 bits per heavy atom. The van der Waals surface area contributed by atoms with E-state index >= 15 is 0 Å². The van der Waals surface area contributed by atoms with Gasteiger partial charge in [0.2, 0.25) is 10.0 Å². The highest BCUT2D eigenvalue weighted by Crippen LogP contribution is 2.34. The van der Waals surface area contributed by atoms with Crippen molar-refractivity contribution in [1.82, 2.24) is 4.72 Å². The molecule has 6 heteroatoms. The molecule has 0 spiro atoms. The Kier molecular flexibility index (Phi) is 4.91. The zero-order valence-corrected chi connectivity index (χ0v) is 13.6. The molecule has 5 nitrogen and oxygen atoms in total. The van der Waals surface area contributed by atoms with Gasteiger partial charge in [0.15, 0.2) is 0 Å². The van der Waals surface area contributed by atoms with E-state index in [2.05, 4.69) is 16.5 Å². The van der Waals surface area contributed by atoms with Gasteiger partial charge in [0.25, 0.3) is 0 Å². The van der Waals surface area contributed by atoms with Crippen LogP contribution in [-0.4, -0.2) is 34.6 Å². The lowest BCUT2D eigenvalue weighted by atomic mass is 9.80. The second-order valence-electron chi connectivity index (χ2n) is 5.97. The van der Waals surface area contributed by atoms with Crippen LogP contribution in [0.2, 0.25) is 0 Å². The number of nitrogens with zero attached hydrogens (tertiary/aromatic N) is 1. The fourth-order valence-corrected chi connectivity index (χ4v) is 3.97. The Morgan fingerprint density at radius 3 is 2.48 bits per heavy atom. The molecule has 21 heavy (non-hydrogen) atoms. The van der Waals surface area contributed by atoms with Crippen molar-refractivity contribution >= 4 is 15.7 Å². The van der Waals surface area contributed by atoms with Gasteiger partial charge in [0, 0.05) is 19.6 Å². The van der Waals surface area contributed by atoms with Crippen LogP contribution >= 0.6 is 0 Å². The van der Waals surface area contributed by atoms with E-state index in [9.17, 15) is 8.42 Å². The smallest absolute Gasteiger partial charge is 0.242 e. The summed E-state index contributed by atoms with van der Waals surface area (Å²) >= 11 is 0. The van der Waals surface area contributed by atoms with Crippen LogP contribution in [-0.2, 0) is 10.0 Å². The first kappa shape index (κ1) is 16.3. The minimum absolute atomic E-state index is 0.173. The summed E-state index contributed by atoms with van der Waals surface area (Å²) in [6.07, 6.45) is 1.97. The number of nitrogens with one attached hydrogen (secondary N) is 1. The highest BCUT2D eigenvalue weighted by Gasteiger charge is 2.30. The summed E-state index contributed by atoms with van der Waals surface area (Å²) < 4.78 is 27.2. The number of benzene rings is 1. The SMILES string of the molecule is CCNS(=O)(=O)c1ccccc1N1CCC(C)(CN)CC1. The summed E-state index contributed by atoms with van der Waals surface area (Å²) in [7, 11) is -3.44. The summed E-state index contributed by atoms with van der Waals surface area (Å²) in [6.45, 7) is 6.73. The van der Waals surface area contributed by atoms with E-state index < -0.39 is 10.0 Å². The molecule has 1 fully saturated rings. The van der Waals surface area contributed by atoms with E-state index in [1.165, 1.54) is 0 Å². The molecular formula is C15H25N3O2S. The zero-order chi connectivity index (χ0) is 15.5. The fraction of sp³-hybridized carbons (Fsp3) is 0.600. The van der Waals surface area contributed by atoms with Crippen LogP contribution < -0.4 is 15.4 Å². The molecule has 0 unspecified atom stereocenters. The van der Waals surface area contributed by atoms with E-state index in [1.54, 1.807) is 19.1 Å². The van der Waals surface area contributed by atoms with E-state index in [0.29, 0.717) is 18.0 Å². The predicted molar refractivity (Wildman–Crippen MR) is 85.9 cm³/mol. The largest absolute Gasteiger partial charge is 0.370 e. The summed E-state index contributed by atoms with van der Waals surface area (Å²) in [5, 5.41) is 0. The van der Waals surface area contributed by atoms with Crippen molar-refractivity contribution in [3.05, 3.63) is 24.3 Å². The van der Waals surface area contributed by atoms with Gasteiger partial charge in [-0.05, 0) is 36.9 Å². The maximum absolute atomic E-state index is 12.3. The molecule has 1 saturated heterocycles. The van der Waals surface area contributed by atoms with Gasteiger partial charge in [-0.25, -0.2) is 13.1 Å². The monoisotopic (exact) mass is 311 g/mol. The minimum Gasteiger partial charge on any atom is -0.370 e. The first-order valence-corrected chi connectivity index (χ1v) is 8.94. The second kappa shape index (κ2) is 6.34. The molecule has 1 aliphatic rings. The van der Waals surface area contributed by atoms with Crippen molar-refractivity contribution in [1.29, 1.82) is 0 Å². The van der Waals surface area contributed by atoms with Crippen LogP contribution in [0.15, 0.2) is 29.2 Å². The van der Waals surface area contributed by atoms with Gasteiger partial charge in [-0.3, -0.25) is 0 Å². The number of piperidine rings is 1. The van der Waals surface area contributed by atoms with Gasteiger partial charge < -0.3 is 10.6 Å². The topological polar surface area (TPSA) is 75.4 Å². The Hall–Kier alpha value is -1.11. The van der Waals surface area contributed by atoms with Crippen LogP contribution in [0.25, 0.3) is 0 Å². The molecule has 3 N–H and O–H groups in total. The highest BCUT2D eigenvalue weighted by molar-refractivity contribution is 7.89. The van der Waals surface area contributed by atoms with Crippen molar-refractivity contribution in [3.63, 3.8) is 0 Å². The number of rotatable bonds is 5. The molecule has 1 heterocycles. The molecule has 0 radical (unpaired) electrons. The molecule has 0 saturated carbocycles. The number of sulfonamides is 1. The van der Waals surface area contributed by atoms with E-state index in [4.69, 9.17) is 5.73 Å². The summed E-state index contributed by atoms with van der Waals surface area (Å²) in [5.41, 5.74) is 6.80. The third-order valence-corrected chi connectivity index (χ3v) is 5.89. The lowest BCUT2D eigenvalue weighted by Gasteiger charge is -2.40. The van der Waals surface area contributed by atoms with E-state index in [-0.39, 0.29) is 5.41 Å². The van der Waals surface area contributed by atoms with Crippen molar-refractivity contribution in [3.8, 4) is 0 Å². The maximum atomic E-state index is 12.3. The molecule has 0 aromatic heterocycles. The summed E-state index contributed by atoms with van der Waals surface area (Å²) in [4.78, 5) is 2.52. The third kappa shape index (κ3) is 3.56. The lowest BCUT2D eigenvalue weighted by Crippen LogP contribution is -2.42. The van der Waals surface area contributed by atoms with Gasteiger partial charge in [0.1, 0.15) is 4.90 Å². The average molecular weight is 311 g/mol. The minimum atomic E-state index is -3.44. The third-order valence-electron chi connectivity index (χ3n) is 4.29. The normalized spacial score (nSPS) is 18.7. The Bertz CT molecular complexity index is 578. The number of hydrogen-bond acceptors (Lipinski definition) is 4. The predicted octanol–water partition coefficient (Wildman–Crippen LogP) is 1.55. The standard InChI is InChI=1S/C15H25N3O2S/c1-3-17-21(19,20)14-7-5-4-6-13(14)18-10-8-15(2,12-16)9-11-18/h4-7,17H,3,8-12,16H2,1-2H3. The van der Waals surface area contributed by atoms with E-state index in [1.807, 2.05) is 12.1 Å². The molecule has 1 aromatic carbocycles. The van der Waals surface area contributed by atoms with Crippen molar-refractivity contribution in [2.45, 2.75) is 31.6 Å². The van der Waals surface area contributed by atoms with Crippen LogP contribution in [0, 0.1) is 5.41 Å². The molecule has 118 valence electrons. The van der Waals surface area contributed by atoms with E-state index in [0.717, 1.165) is 31.6 Å². The maximum Gasteiger partial charge on any atom is 0.242 e. The number of para-hydroxylation sites is 1. The number of anilines is 1. The Balaban J connectivity index is 2.26. The molecule has 0 aliphatic carbocycles. The Morgan fingerprint density at radius 1 is 1.29 bits per heavy atom. The number of nitrogens with two attached hydrogens (primary N) is 1. The van der Waals surface area contributed by atoms with Gasteiger partial charge >= 0.3 is 0 Å². The molecular weight excluding hydrogens is 286 g/mol. The fourth-order valence-electron chi connectivity index (χ4n) is 2.71. The molecule has 0 bridgehead atoms. The second-order valence-corrected chi connectivity index (χ2v) is 7.71. The molecule has 0 amide bonds. The van der Waals surface area contributed by atoms with Gasteiger partial charge in [-0.15, -0.1) is 0 Å². The van der Waals surface area contributed by atoms with Crippen LogP contribution in [0.3, 0.4) is 0 Å². The van der Waals surface area contributed by atoms with Crippen molar-refractivity contribution in [2.24, 2.45) is 11.1 Å². The van der Waals surface area contributed by atoms with Crippen molar-refractivity contribution < 1.29 is 8.42 Å². The lowest BCUT2D eigenvalue weighted by molar-refractivity contribution is 0.258. The van der Waals surface area contributed by atoms with Crippen LogP contribution in [0.4, 0.5) is 5.69 Å². The first-order valence-electron chi connectivity index (χ1n) is 7.45. The summed E-state index contributed by atoms with van der Waals surface area (Å²) in [5.74, 6) is 0. The van der Waals surface area contributed by atoms with Crippen LogP contribution in [0.5, 0.6) is 0 Å². The van der Waals surface area contributed by atoms with Gasteiger partial charge in [-0.1, -0.05) is 26.0 Å². The molecule has 2 rings (SSSR count). The first-order chi connectivity index (χ1) is 9.92. The Labute approximate surface area is 127 Å².